The Bertz CT molecular complexity index is 972. The van der Waals surface area contributed by atoms with Crippen molar-refractivity contribution in [1.82, 2.24) is 14.3 Å². The van der Waals surface area contributed by atoms with Crippen molar-refractivity contribution in [1.29, 1.82) is 0 Å². The van der Waals surface area contributed by atoms with Gasteiger partial charge in [0.15, 0.2) is 5.03 Å². The van der Waals surface area contributed by atoms with Gasteiger partial charge in [0, 0.05) is 36.7 Å². The Labute approximate surface area is 156 Å². The molecular weight excluding hydrogens is 374 g/mol. The van der Waals surface area contributed by atoms with Crippen LogP contribution in [0.25, 0.3) is 11.3 Å². The van der Waals surface area contributed by atoms with Crippen LogP contribution in [0.2, 0.25) is 0 Å². The van der Waals surface area contributed by atoms with Crippen molar-refractivity contribution in [2.75, 3.05) is 6.54 Å². The average Bonchev–Trinajstić information content (AvgIpc) is 3.31. The topological polar surface area (TPSA) is 97.4 Å². The van der Waals surface area contributed by atoms with E-state index < -0.39 is 16.1 Å². The fourth-order valence-corrected chi connectivity index (χ4v) is 4.25. The number of furan rings is 1. The second kappa shape index (κ2) is 7.36. The molecule has 0 aromatic carbocycles. The van der Waals surface area contributed by atoms with Gasteiger partial charge < -0.3 is 14.1 Å². The van der Waals surface area contributed by atoms with Crippen LogP contribution in [-0.4, -0.2) is 29.6 Å². The largest absolute Gasteiger partial charge is 0.458 e. The monoisotopic (exact) mass is 395 g/mol. The Morgan fingerprint density at radius 3 is 2.73 bits per heavy atom. The van der Waals surface area contributed by atoms with Crippen LogP contribution in [-0.2, 0) is 17.1 Å². The van der Waals surface area contributed by atoms with Crippen molar-refractivity contribution in [2.45, 2.75) is 30.9 Å². The number of sulfonamides is 1. The lowest BCUT2D eigenvalue weighted by Gasteiger charge is -2.09. The molecule has 0 amide bonds. The zero-order valence-electron chi connectivity index (χ0n) is 14.7. The molecule has 0 aliphatic rings. The second-order valence-corrected chi connectivity index (χ2v) is 8.78. The van der Waals surface area contributed by atoms with Crippen molar-refractivity contribution >= 4 is 21.4 Å². The summed E-state index contributed by atoms with van der Waals surface area (Å²) in [7, 11) is -2.06. The van der Waals surface area contributed by atoms with Crippen molar-refractivity contribution in [3.63, 3.8) is 0 Å². The first-order valence-electron chi connectivity index (χ1n) is 8.11. The Morgan fingerprint density at radius 1 is 1.35 bits per heavy atom. The minimum absolute atomic E-state index is 0.0608. The van der Waals surface area contributed by atoms with E-state index in [4.69, 9.17) is 4.42 Å². The van der Waals surface area contributed by atoms with E-state index >= 15 is 0 Å². The first-order chi connectivity index (χ1) is 12.3. The quantitative estimate of drug-likeness (QED) is 0.641. The van der Waals surface area contributed by atoms with Crippen LogP contribution in [0.4, 0.5) is 0 Å². The van der Waals surface area contributed by atoms with Gasteiger partial charge in [-0.25, -0.2) is 18.1 Å². The predicted octanol–water partition coefficient (Wildman–Crippen LogP) is 2.88. The Morgan fingerprint density at radius 2 is 2.12 bits per heavy atom. The molecule has 0 aliphatic carbocycles. The van der Waals surface area contributed by atoms with Gasteiger partial charge in [-0.15, -0.1) is 0 Å². The molecule has 0 spiro atoms. The standard InChI is InChI=1S/C17H21N3O4S2/c1-11(2)17-19-16(9-20(17)3)26(22,23)18-8-13(21)15-5-4-14(24-15)12-6-7-25-10-12/h4-7,9-11,13,18,21H,8H2,1-3H3/t13-/m1/s1. The number of aromatic nitrogens is 2. The second-order valence-electron chi connectivity index (χ2n) is 6.28. The number of aryl methyl sites for hydroxylation is 1. The van der Waals surface area contributed by atoms with E-state index in [0.29, 0.717) is 17.3 Å². The molecule has 140 valence electrons. The first kappa shape index (κ1) is 18.8. The van der Waals surface area contributed by atoms with Crippen molar-refractivity contribution < 1.29 is 17.9 Å². The molecule has 0 unspecified atom stereocenters. The number of aliphatic hydroxyl groups excluding tert-OH is 1. The van der Waals surface area contributed by atoms with Gasteiger partial charge in [0.2, 0.25) is 0 Å². The lowest BCUT2D eigenvalue weighted by molar-refractivity contribution is 0.155. The van der Waals surface area contributed by atoms with Gasteiger partial charge in [0.05, 0.1) is 0 Å². The van der Waals surface area contributed by atoms with E-state index in [0.717, 1.165) is 5.56 Å². The fraction of sp³-hybridized carbons (Fsp3) is 0.353. The number of hydrogen-bond acceptors (Lipinski definition) is 6. The molecule has 2 N–H and O–H groups in total. The number of rotatable bonds is 7. The van der Waals surface area contributed by atoms with Crippen LogP contribution in [0.3, 0.4) is 0 Å². The van der Waals surface area contributed by atoms with Gasteiger partial charge in [-0.2, -0.15) is 11.3 Å². The number of aliphatic hydroxyl groups is 1. The number of imidazole rings is 1. The molecule has 26 heavy (non-hydrogen) atoms. The Hall–Kier alpha value is -1.94. The SMILES string of the molecule is CC(C)c1nc(S(=O)(=O)NC[C@@H](O)c2ccc(-c3ccsc3)o2)cn1C. The van der Waals surface area contributed by atoms with Gasteiger partial charge in [0.1, 0.15) is 23.4 Å². The molecule has 0 radical (unpaired) electrons. The van der Waals surface area contributed by atoms with E-state index in [2.05, 4.69) is 9.71 Å². The van der Waals surface area contributed by atoms with Crippen LogP contribution in [0.1, 0.15) is 37.5 Å². The zero-order valence-corrected chi connectivity index (χ0v) is 16.3. The minimum Gasteiger partial charge on any atom is -0.458 e. The first-order valence-corrected chi connectivity index (χ1v) is 10.5. The molecule has 0 fully saturated rings. The third-order valence-corrected chi connectivity index (χ3v) is 5.89. The third-order valence-electron chi connectivity index (χ3n) is 3.91. The van der Waals surface area contributed by atoms with E-state index in [1.165, 1.54) is 6.20 Å². The summed E-state index contributed by atoms with van der Waals surface area (Å²) in [4.78, 5) is 4.18. The Kier molecular flexibility index (Phi) is 5.33. The summed E-state index contributed by atoms with van der Waals surface area (Å²) in [6.07, 6.45) is 0.372. The molecule has 7 nitrogen and oxygen atoms in total. The smallest absolute Gasteiger partial charge is 0.259 e. The molecular formula is C17H21N3O4S2. The van der Waals surface area contributed by atoms with Crippen LogP contribution >= 0.6 is 11.3 Å². The summed E-state index contributed by atoms with van der Waals surface area (Å²) >= 11 is 1.55. The van der Waals surface area contributed by atoms with Crippen molar-refractivity contribution in [3.05, 3.63) is 46.7 Å². The van der Waals surface area contributed by atoms with E-state index in [9.17, 15) is 13.5 Å². The fourth-order valence-electron chi connectivity index (χ4n) is 2.57. The molecule has 3 heterocycles. The highest BCUT2D eigenvalue weighted by Gasteiger charge is 2.23. The Balaban J connectivity index is 1.68. The molecule has 1 atom stereocenters. The van der Waals surface area contributed by atoms with Crippen molar-refractivity contribution in [2.24, 2.45) is 7.05 Å². The minimum atomic E-state index is -3.82. The van der Waals surface area contributed by atoms with Crippen molar-refractivity contribution in [3.8, 4) is 11.3 Å². The van der Waals surface area contributed by atoms with E-state index in [1.54, 1.807) is 35.1 Å². The molecule has 3 aromatic rings. The highest BCUT2D eigenvalue weighted by atomic mass is 32.2. The van der Waals surface area contributed by atoms with E-state index in [-0.39, 0.29) is 17.5 Å². The number of nitrogens with one attached hydrogen (secondary N) is 1. The summed E-state index contributed by atoms with van der Waals surface area (Å²) in [5.41, 5.74) is 0.920. The molecule has 9 heteroatoms. The zero-order chi connectivity index (χ0) is 18.9. The van der Waals surface area contributed by atoms with Crippen LogP contribution in [0.5, 0.6) is 0 Å². The van der Waals surface area contributed by atoms with Crippen LogP contribution in [0, 0.1) is 0 Å². The summed E-state index contributed by atoms with van der Waals surface area (Å²) in [5, 5.41) is 14.1. The summed E-state index contributed by atoms with van der Waals surface area (Å²) in [6, 6.07) is 5.31. The molecule has 3 aromatic heterocycles. The van der Waals surface area contributed by atoms with Crippen LogP contribution < -0.4 is 4.72 Å². The van der Waals surface area contributed by atoms with Crippen LogP contribution in [0.15, 0.2) is 44.6 Å². The number of thiophene rings is 1. The predicted molar refractivity (Wildman–Crippen MR) is 99.5 cm³/mol. The van der Waals surface area contributed by atoms with Gasteiger partial charge in [-0.1, -0.05) is 13.8 Å². The highest BCUT2D eigenvalue weighted by molar-refractivity contribution is 7.89. The molecule has 3 rings (SSSR count). The number of nitrogens with zero attached hydrogens (tertiary/aromatic N) is 2. The normalized spacial score (nSPS) is 13.4. The molecule has 0 saturated carbocycles. The summed E-state index contributed by atoms with van der Waals surface area (Å²) < 4.78 is 34.5. The highest BCUT2D eigenvalue weighted by Crippen LogP contribution is 2.27. The average molecular weight is 396 g/mol. The van der Waals surface area contributed by atoms with Gasteiger partial charge in [0.25, 0.3) is 10.0 Å². The molecule has 0 bridgehead atoms. The summed E-state index contributed by atoms with van der Waals surface area (Å²) in [6.45, 7) is 3.68. The molecule has 0 aliphatic heterocycles. The van der Waals surface area contributed by atoms with Gasteiger partial charge in [-0.05, 0) is 23.6 Å². The van der Waals surface area contributed by atoms with Gasteiger partial charge in [-0.3, -0.25) is 0 Å². The van der Waals surface area contributed by atoms with Gasteiger partial charge >= 0.3 is 0 Å². The number of hydrogen-bond donors (Lipinski definition) is 2. The maximum Gasteiger partial charge on any atom is 0.259 e. The lowest BCUT2D eigenvalue weighted by atomic mass is 10.2. The van der Waals surface area contributed by atoms with E-state index in [1.807, 2.05) is 30.7 Å². The third kappa shape index (κ3) is 3.90. The lowest BCUT2D eigenvalue weighted by Crippen LogP contribution is -2.28. The molecule has 0 saturated heterocycles. The summed E-state index contributed by atoms with van der Waals surface area (Å²) in [5.74, 6) is 1.72. The maximum atomic E-state index is 12.4. The maximum absolute atomic E-state index is 12.4.